The van der Waals surface area contributed by atoms with Gasteiger partial charge in [-0.25, -0.2) is 4.79 Å². The Bertz CT molecular complexity index is 1600. The Morgan fingerprint density at radius 2 is 1.50 bits per heavy atom. The number of aliphatic hydroxyl groups excluding tert-OH is 1. The molecule has 1 saturated heterocycles. The Morgan fingerprint density at radius 3 is 2.13 bits per heavy atom. The summed E-state index contributed by atoms with van der Waals surface area (Å²) in [6.45, 7) is 9.19. The van der Waals surface area contributed by atoms with E-state index in [2.05, 4.69) is 41.6 Å². The average Bonchev–Trinajstić information content (AvgIpc) is 3.85. The van der Waals surface area contributed by atoms with Gasteiger partial charge in [0, 0.05) is 24.5 Å². The van der Waals surface area contributed by atoms with Gasteiger partial charge in [-0.15, -0.1) is 0 Å². The molecule has 0 spiro atoms. The van der Waals surface area contributed by atoms with Crippen molar-refractivity contribution in [3.05, 3.63) is 0 Å². The lowest BCUT2D eigenvalue weighted by molar-refractivity contribution is -0.173. The molecule has 352 valence electrons. The molecule has 8 N–H and O–H groups in total. The zero-order valence-electron chi connectivity index (χ0n) is 37.9. The molecule has 0 aromatic heterocycles. The lowest BCUT2D eigenvalue weighted by Gasteiger charge is -2.67. The first-order valence-electron chi connectivity index (χ1n) is 24.1. The Labute approximate surface area is 373 Å². The van der Waals surface area contributed by atoms with Gasteiger partial charge in [0.25, 0.3) is 0 Å². The van der Waals surface area contributed by atoms with Crippen LogP contribution in [0.25, 0.3) is 0 Å². The number of nitrogens with zero attached hydrogens (tertiary/aromatic N) is 1. The van der Waals surface area contributed by atoms with Crippen LogP contribution in [0.4, 0.5) is 0 Å². The largest absolute Gasteiger partial charge is 0.480 e. The molecule has 6 rings (SSSR count). The molecule has 14 nitrogen and oxygen atoms in total. The topological polar surface area (TPSA) is 226 Å². The van der Waals surface area contributed by atoms with E-state index in [1.807, 2.05) is 6.26 Å². The van der Waals surface area contributed by atoms with Gasteiger partial charge in [0.05, 0.1) is 6.10 Å². The molecule has 1 amide bonds. The van der Waals surface area contributed by atoms with Crippen molar-refractivity contribution in [2.45, 2.75) is 192 Å². The molecular weight excluding hydrogens is 813 g/mol. The molecule has 5 saturated carbocycles. The second-order valence-corrected chi connectivity index (χ2v) is 22.1. The van der Waals surface area contributed by atoms with E-state index >= 15 is 0 Å². The first-order valence-corrected chi connectivity index (χ1v) is 25.4. The van der Waals surface area contributed by atoms with Crippen LogP contribution in [0.5, 0.6) is 0 Å². The quantitative estimate of drug-likeness (QED) is 0.0735. The standard InChI is InChI=1S/C47H78N4O10S/c1-26(13-16-39(53)50-34(42(54)55)18-21-62-5)31-14-15-32-40-33(25-38(47(31,32)4)51-20-9-12-37(51)44(58)59)46(3)19-17-30(48-41(27(2)52)45(60)61)23-29(46)24-35(40)49-36(43(56)57)22-28-10-7-6-8-11-28/h26-38,40-41,48-49,52H,6-25H2,1-5H3,(H,50,53)(H,54,55)(H,56,57)(H,58,59)(H,60,61)/t26-,27?,29?,30?,31?,32?,33?,34?,35?,36?,37?,38?,40?,41?,46+,47-/m1/s1. The van der Waals surface area contributed by atoms with Crippen molar-refractivity contribution in [1.82, 2.24) is 20.9 Å². The Morgan fingerprint density at radius 1 is 0.790 bits per heavy atom. The van der Waals surface area contributed by atoms with Crippen molar-refractivity contribution in [2.24, 2.45) is 52.3 Å². The number of hydrogen-bond donors (Lipinski definition) is 8. The summed E-state index contributed by atoms with van der Waals surface area (Å²) >= 11 is 1.54. The highest BCUT2D eigenvalue weighted by Gasteiger charge is 2.67. The van der Waals surface area contributed by atoms with E-state index in [0.717, 1.165) is 70.6 Å². The summed E-state index contributed by atoms with van der Waals surface area (Å²) in [7, 11) is 0. The number of aliphatic carboxylic acids is 4. The van der Waals surface area contributed by atoms with Crippen molar-refractivity contribution in [1.29, 1.82) is 0 Å². The van der Waals surface area contributed by atoms with Gasteiger partial charge in [0.1, 0.15) is 24.2 Å². The van der Waals surface area contributed by atoms with Gasteiger partial charge < -0.3 is 36.2 Å². The fraction of sp³-hybridized carbons (Fsp3) is 0.894. The molecule has 0 radical (unpaired) electrons. The molecule has 6 aliphatic rings. The highest BCUT2D eigenvalue weighted by Crippen LogP contribution is 2.69. The second-order valence-electron chi connectivity index (χ2n) is 21.1. The second kappa shape index (κ2) is 20.8. The summed E-state index contributed by atoms with van der Waals surface area (Å²) in [6.07, 6.45) is 15.2. The van der Waals surface area contributed by atoms with Crippen LogP contribution in [-0.2, 0) is 24.0 Å². The van der Waals surface area contributed by atoms with Crippen LogP contribution in [0, 0.1) is 52.3 Å². The van der Waals surface area contributed by atoms with Crippen LogP contribution in [0.15, 0.2) is 0 Å². The number of rotatable bonds is 20. The van der Waals surface area contributed by atoms with E-state index in [4.69, 9.17) is 0 Å². The van der Waals surface area contributed by atoms with Gasteiger partial charge >= 0.3 is 23.9 Å². The number of aliphatic hydroxyl groups is 1. The van der Waals surface area contributed by atoms with E-state index in [-0.39, 0.29) is 76.8 Å². The van der Waals surface area contributed by atoms with Crippen molar-refractivity contribution >= 4 is 41.5 Å². The summed E-state index contributed by atoms with van der Waals surface area (Å²) < 4.78 is 0. The number of carboxylic acid groups (broad SMARTS) is 4. The Kier molecular flexibility index (Phi) is 16.4. The van der Waals surface area contributed by atoms with E-state index in [1.165, 1.54) is 13.3 Å². The third-order valence-electron chi connectivity index (χ3n) is 17.8. The molecule has 1 aliphatic heterocycles. The maximum Gasteiger partial charge on any atom is 0.326 e. The van der Waals surface area contributed by atoms with Gasteiger partial charge in [0.15, 0.2) is 0 Å². The van der Waals surface area contributed by atoms with Crippen molar-refractivity contribution in [3.8, 4) is 0 Å². The van der Waals surface area contributed by atoms with Gasteiger partial charge in [-0.2, -0.15) is 11.8 Å². The molecule has 1 heterocycles. The number of fused-ring (bicyclic) bond motifs is 5. The summed E-state index contributed by atoms with van der Waals surface area (Å²) in [5.41, 5.74) is -0.476. The Hall–Kier alpha value is -2.46. The van der Waals surface area contributed by atoms with Crippen LogP contribution in [0.3, 0.4) is 0 Å². The third-order valence-corrected chi connectivity index (χ3v) is 18.4. The molecule has 5 aliphatic carbocycles. The molecular formula is C47H78N4O10S. The summed E-state index contributed by atoms with van der Waals surface area (Å²) in [4.78, 5) is 65.9. The fourth-order valence-electron chi connectivity index (χ4n) is 14.7. The first-order chi connectivity index (χ1) is 29.4. The normalized spacial score (nSPS) is 37.5. The van der Waals surface area contributed by atoms with Crippen LogP contribution >= 0.6 is 11.8 Å². The zero-order chi connectivity index (χ0) is 45.1. The van der Waals surface area contributed by atoms with Crippen LogP contribution in [0.1, 0.15) is 143 Å². The first kappa shape index (κ1) is 49.0. The molecule has 0 bridgehead atoms. The molecule has 0 aromatic carbocycles. The van der Waals surface area contributed by atoms with Crippen LogP contribution in [-0.4, -0.2) is 127 Å². The third kappa shape index (κ3) is 10.3. The van der Waals surface area contributed by atoms with E-state index in [1.54, 1.807) is 11.8 Å². The number of thioether (sulfide) groups is 1. The van der Waals surface area contributed by atoms with Gasteiger partial charge in [0.2, 0.25) is 5.91 Å². The summed E-state index contributed by atoms with van der Waals surface area (Å²) in [5.74, 6) is -2.12. The summed E-state index contributed by atoms with van der Waals surface area (Å²) in [6, 6.07) is -3.59. The van der Waals surface area contributed by atoms with Gasteiger partial charge in [-0.1, -0.05) is 52.9 Å². The fourth-order valence-corrected chi connectivity index (χ4v) is 15.2. The van der Waals surface area contributed by atoms with E-state index < -0.39 is 54.1 Å². The smallest absolute Gasteiger partial charge is 0.326 e. The average molecular weight is 891 g/mol. The predicted molar refractivity (Wildman–Crippen MR) is 238 cm³/mol. The van der Waals surface area contributed by atoms with Crippen molar-refractivity contribution < 1.29 is 49.5 Å². The number of likely N-dealkylation sites (tertiary alicyclic amines) is 1. The van der Waals surface area contributed by atoms with Gasteiger partial charge in [-0.05, 0) is 155 Å². The number of amides is 1. The highest BCUT2D eigenvalue weighted by molar-refractivity contribution is 7.98. The number of carbonyl (C=O) groups is 5. The number of carboxylic acids is 4. The number of nitrogens with one attached hydrogen (secondary N) is 3. The minimum Gasteiger partial charge on any atom is -0.480 e. The van der Waals surface area contributed by atoms with Crippen molar-refractivity contribution in [3.63, 3.8) is 0 Å². The van der Waals surface area contributed by atoms with E-state index in [0.29, 0.717) is 50.3 Å². The molecule has 16 atom stereocenters. The molecule has 6 fully saturated rings. The lowest BCUT2D eigenvalue weighted by atomic mass is 9.42. The Balaban J connectivity index is 1.35. The minimum atomic E-state index is -1.09. The molecule has 62 heavy (non-hydrogen) atoms. The zero-order valence-corrected chi connectivity index (χ0v) is 38.8. The molecule has 0 aromatic rings. The SMILES string of the molecule is CSCCC(NC(=O)CC[C@@H](C)C1CCC2C3C(NC(CC4CCCCC4)C(=O)O)CC4CC(NC(C(=O)O)C(C)O)CC[C@]4(C)C3CC(N3CCCC3C(=O)O)[C@@]21C)C(=O)O. The summed E-state index contributed by atoms with van der Waals surface area (Å²) in [5, 5.41) is 61.5. The van der Waals surface area contributed by atoms with E-state index in [9.17, 15) is 49.5 Å². The van der Waals surface area contributed by atoms with Crippen LogP contribution < -0.4 is 16.0 Å². The number of hydrogen-bond acceptors (Lipinski definition) is 10. The maximum atomic E-state index is 13.3. The monoisotopic (exact) mass is 891 g/mol. The molecule has 15 heteroatoms. The maximum absolute atomic E-state index is 13.3. The predicted octanol–water partition coefficient (Wildman–Crippen LogP) is 5.70. The van der Waals surface area contributed by atoms with Crippen LogP contribution in [0.2, 0.25) is 0 Å². The lowest BCUT2D eigenvalue weighted by Crippen LogP contribution is -2.69. The highest BCUT2D eigenvalue weighted by atomic mass is 32.2. The number of carbonyl (C=O) groups excluding carboxylic acids is 1. The molecule has 13 unspecified atom stereocenters. The minimum absolute atomic E-state index is 0.0414. The van der Waals surface area contributed by atoms with Gasteiger partial charge in [-0.3, -0.25) is 29.4 Å². The van der Waals surface area contributed by atoms with Crippen molar-refractivity contribution in [2.75, 3.05) is 18.6 Å².